The lowest BCUT2D eigenvalue weighted by atomic mass is 9.83. The van der Waals surface area contributed by atoms with E-state index in [0.29, 0.717) is 11.7 Å². The Kier molecular flexibility index (Phi) is 2.82. The molecule has 0 amide bonds. The van der Waals surface area contributed by atoms with Crippen LogP contribution in [0.25, 0.3) is 22.4 Å². The average molecular weight is 283 g/mol. The van der Waals surface area contributed by atoms with Crippen molar-refractivity contribution in [1.29, 1.82) is 0 Å². The molecule has 0 saturated carbocycles. The first-order valence-corrected chi connectivity index (χ1v) is 7.28. The number of rotatable bonds is 2. The third-order valence-corrected chi connectivity index (χ3v) is 4.26. The lowest BCUT2D eigenvalue weighted by Crippen LogP contribution is -2.41. The number of aromatic nitrogens is 2. The van der Waals surface area contributed by atoms with Gasteiger partial charge in [0.1, 0.15) is 11.8 Å². The Labute approximate surface area is 122 Å². The number of hydrogen-bond donors (Lipinski definition) is 1. The molecular formula is C16H17N3O2. The molecule has 3 aromatic rings. The van der Waals surface area contributed by atoms with Crippen LogP contribution in [0.4, 0.5) is 0 Å². The predicted octanol–water partition coefficient (Wildman–Crippen LogP) is 3.12. The SMILES string of the molecule is CC1(c2nc(-c3coc4ccccc34)no2)CCCNC1. The van der Waals surface area contributed by atoms with Crippen LogP contribution in [-0.4, -0.2) is 23.2 Å². The summed E-state index contributed by atoms with van der Waals surface area (Å²) in [6, 6.07) is 7.88. The van der Waals surface area contributed by atoms with Gasteiger partial charge in [0.15, 0.2) is 0 Å². The smallest absolute Gasteiger partial charge is 0.234 e. The van der Waals surface area contributed by atoms with E-state index in [1.54, 1.807) is 6.26 Å². The van der Waals surface area contributed by atoms with Gasteiger partial charge < -0.3 is 14.3 Å². The fraction of sp³-hybridized carbons (Fsp3) is 0.375. The van der Waals surface area contributed by atoms with E-state index in [9.17, 15) is 0 Å². The fourth-order valence-corrected chi connectivity index (χ4v) is 2.97. The maximum atomic E-state index is 5.55. The Balaban J connectivity index is 1.74. The number of nitrogens with zero attached hydrogens (tertiary/aromatic N) is 2. The van der Waals surface area contributed by atoms with E-state index in [2.05, 4.69) is 22.4 Å². The van der Waals surface area contributed by atoms with Crippen LogP contribution in [0.1, 0.15) is 25.7 Å². The Hall–Kier alpha value is -2.14. The van der Waals surface area contributed by atoms with Gasteiger partial charge in [-0.25, -0.2) is 0 Å². The van der Waals surface area contributed by atoms with Gasteiger partial charge in [0, 0.05) is 11.9 Å². The van der Waals surface area contributed by atoms with Crippen LogP contribution in [0.5, 0.6) is 0 Å². The summed E-state index contributed by atoms with van der Waals surface area (Å²) in [6.45, 7) is 4.10. The molecule has 5 heteroatoms. The van der Waals surface area contributed by atoms with E-state index in [-0.39, 0.29) is 5.41 Å². The van der Waals surface area contributed by atoms with E-state index in [1.807, 2.05) is 24.3 Å². The highest BCUT2D eigenvalue weighted by Gasteiger charge is 2.34. The molecule has 0 aliphatic carbocycles. The standard InChI is InChI=1S/C16H17N3O2/c1-16(7-4-8-17-10-16)15-18-14(19-21-15)12-9-20-13-6-3-2-5-11(12)13/h2-3,5-6,9,17H,4,7-8,10H2,1H3. The minimum absolute atomic E-state index is 0.0803. The van der Waals surface area contributed by atoms with Gasteiger partial charge in [-0.2, -0.15) is 4.98 Å². The van der Waals surface area contributed by atoms with Crippen LogP contribution < -0.4 is 5.32 Å². The van der Waals surface area contributed by atoms with Gasteiger partial charge in [-0.3, -0.25) is 0 Å². The molecule has 3 heterocycles. The molecule has 5 nitrogen and oxygen atoms in total. The number of benzene rings is 1. The largest absolute Gasteiger partial charge is 0.464 e. The second kappa shape index (κ2) is 4.70. The Morgan fingerprint density at radius 2 is 2.19 bits per heavy atom. The van der Waals surface area contributed by atoms with Gasteiger partial charge in [-0.15, -0.1) is 0 Å². The summed E-state index contributed by atoms with van der Waals surface area (Å²) in [7, 11) is 0. The summed E-state index contributed by atoms with van der Waals surface area (Å²) in [5.41, 5.74) is 1.64. The first-order chi connectivity index (χ1) is 10.3. The topological polar surface area (TPSA) is 64.1 Å². The third kappa shape index (κ3) is 2.05. The molecule has 0 radical (unpaired) electrons. The maximum Gasteiger partial charge on any atom is 0.234 e. The van der Waals surface area contributed by atoms with Gasteiger partial charge in [0.25, 0.3) is 0 Å². The molecule has 1 fully saturated rings. The zero-order chi connectivity index (χ0) is 14.3. The molecule has 21 heavy (non-hydrogen) atoms. The summed E-state index contributed by atoms with van der Waals surface area (Å²) in [6.07, 6.45) is 3.89. The Morgan fingerprint density at radius 1 is 1.29 bits per heavy atom. The second-order valence-electron chi connectivity index (χ2n) is 5.91. The molecular weight excluding hydrogens is 266 g/mol. The van der Waals surface area contributed by atoms with E-state index in [4.69, 9.17) is 8.94 Å². The van der Waals surface area contributed by atoms with Crippen LogP contribution in [0.2, 0.25) is 0 Å². The quantitative estimate of drug-likeness (QED) is 0.782. The lowest BCUT2D eigenvalue weighted by Gasteiger charge is -2.30. The zero-order valence-electron chi connectivity index (χ0n) is 11.9. The van der Waals surface area contributed by atoms with E-state index < -0.39 is 0 Å². The van der Waals surface area contributed by atoms with E-state index >= 15 is 0 Å². The van der Waals surface area contributed by atoms with Crippen LogP contribution in [-0.2, 0) is 5.41 Å². The van der Waals surface area contributed by atoms with Crippen LogP contribution in [0.15, 0.2) is 39.5 Å². The van der Waals surface area contributed by atoms with Crippen molar-refractivity contribution in [2.24, 2.45) is 0 Å². The maximum absolute atomic E-state index is 5.55. The normalized spacial score (nSPS) is 22.7. The molecule has 1 atom stereocenters. The van der Waals surface area contributed by atoms with Crippen molar-refractivity contribution >= 4 is 11.0 Å². The molecule has 1 unspecified atom stereocenters. The number of hydrogen-bond acceptors (Lipinski definition) is 5. The molecule has 2 aromatic heterocycles. The Bertz CT molecular complexity index is 769. The third-order valence-electron chi connectivity index (χ3n) is 4.26. The molecule has 1 aliphatic rings. The summed E-state index contributed by atoms with van der Waals surface area (Å²) in [5, 5.41) is 8.57. The first-order valence-electron chi connectivity index (χ1n) is 7.28. The van der Waals surface area contributed by atoms with Gasteiger partial charge in [-0.05, 0) is 32.4 Å². The number of piperidine rings is 1. The van der Waals surface area contributed by atoms with Crippen LogP contribution >= 0.6 is 0 Å². The number of nitrogens with one attached hydrogen (secondary N) is 1. The predicted molar refractivity (Wildman–Crippen MR) is 79.0 cm³/mol. The second-order valence-corrected chi connectivity index (χ2v) is 5.91. The van der Waals surface area contributed by atoms with Crippen molar-refractivity contribution in [2.45, 2.75) is 25.2 Å². The van der Waals surface area contributed by atoms with Crippen molar-refractivity contribution < 1.29 is 8.94 Å². The highest BCUT2D eigenvalue weighted by Crippen LogP contribution is 2.33. The lowest BCUT2D eigenvalue weighted by molar-refractivity contribution is 0.245. The zero-order valence-corrected chi connectivity index (χ0v) is 11.9. The highest BCUT2D eigenvalue weighted by atomic mass is 16.5. The van der Waals surface area contributed by atoms with Crippen molar-refractivity contribution in [3.63, 3.8) is 0 Å². The van der Waals surface area contributed by atoms with Crippen LogP contribution in [0.3, 0.4) is 0 Å². The average Bonchev–Trinajstić information content (AvgIpc) is 3.15. The summed E-state index contributed by atoms with van der Waals surface area (Å²) < 4.78 is 11.1. The minimum atomic E-state index is -0.0803. The minimum Gasteiger partial charge on any atom is -0.464 e. The number of para-hydroxylation sites is 1. The Morgan fingerprint density at radius 3 is 3.05 bits per heavy atom. The van der Waals surface area contributed by atoms with E-state index in [0.717, 1.165) is 42.5 Å². The first kappa shape index (κ1) is 12.6. The van der Waals surface area contributed by atoms with Crippen molar-refractivity contribution in [1.82, 2.24) is 15.5 Å². The summed E-state index contributed by atoms with van der Waals surface area (Å²) in [5.74, 6) is 1.30. The molecule has 1 saturated heterocycles. The number of fused-ring (bicyclic) bond motifs is 1. The molecule has 108 valence electrons. The molecule has 1 N–H and O–H groups in total. The molecule has 1 aromatic carbocycles. The van der Waals surface area contributed by atoms with Crippen LogP contribution in [0, 0.1) is 0 Å². The summed E-state index contributed by atoms with van der Waals surface area (Å²) in [4.78, 5) is 4.62. The van der Waals surface area contributed by atoms with Gasteiger partial charge >= 0.3 is 0 Å². The molecule has 4 rings (SSSR count). The fourth-order valence-electron chi connectivity index (χ4n) is 2.97. The monoisotopic (exact) mass is 283 g/mol. The molecule has 1 aliphatic heterocycles. The van der Waals surface area contributed by atoms with Gasteiger partial charge in [0.05, 0.1) is 11.0 Å². The van der Waals surface area contributed by atoms with Crippen molar-refractivity contribution in [3.05, 3.63) is 36.4 Å². The molecule has 0 bridgehead atoms. The summed E-state index contributed by atoms with van der Waals surface area (Å²) >= 11 is 0. The van der Waals surface area contributed by atoms with Gasteiger partial charge in [0.2, 0.25) is 11.7 Å². The van der Waals surface area contributed by atoms with Crippen molar-refractivity contribution in [2.75, 3.05) is 13.1 Å². The highest BCUT2D eigenvalue weighted by molar-refractivity contribution is 5.91. The van der Waals surface area contributed by atoms with Crippen molar-refractivity contribution in [3.8, 4) is 11.4 Å². The van der Waals surface area contributed by atoms with E-state index in [1.165, 1.54) is 0 Å². The van der Waals surface area contributed by atoms with Gasteiger partial charge in [-0.1, -0.05) is 23.4 Å². The molecule has 0 spiro atoms. The number of furan rings is 1.